The van der Waals surface area contributed by atoms with Crippen molar-refractivity contribution in [2.24, 2.45) is 0 Å². The largest absolute Gasteiger partial charge is 0.446 e. The molecule has 0 saturated carbocycles. The van der Waals surface area contributed by atoms with Crippen LogP contribution in [0.4, 0.5) is 16.4 Å². The normalized spacial score (nSPS) is 16.5. The number of nitrogens with two attached hydrogens (primary N) is 1. The van der Waals surface area contributed by atoms with Crippen molar-refractivity contribution < 1.29 is 9.53 Å². The van der Waals surface area contributed by atoms with E-state index in [9.17, 15) is 4.79 Å². The van der Waals surface area contributed by atoms with Gasteiger partial charge in [-0.3, -0.25) is 0 Å². The molecular formula is C14H22BrN5O2. The van der Waals surface area contributed by atoms with Gasteiger partial charge in [0, 0.05) is 31.5 Å². The van der Waals surface area contributed by atoms with Crippen molar-refractivity contribution in [1.82, 2.24) is 15.3 Å². The van der Waals surface area contributed by atoms with Gasteiger partial charge in [-0.15, -0.1) is 0 Å². The van der Waals surface area contributed by atoms with Gasteiger partial charge >= 0.3 is 6.09 Å². The number of piperidine rings is 1. The fourth-order valence-electron chi connectivity index (χ4n) is 2.27. The van der Waals surface area contributed by atoms with Crippen molar-refractivity contribution >= 4 is 33.7 Å². The molecule has 2 heterocycles. The number of alkyl carbamates (subject to hydrolysis) is 1. The van der Waals surface area contributed by atoms with Gasteiger partial charge in [0.2, 0.25) is 0 Å². The maximum Gasteiger partial charge on any atom is 0.407 e. The Kier molecular flexibility index (Phi) is 5.10. The van der Waals surface area contributed by atoms with Crippen molar-refractivity contribution in [3.05, 3.63) is 10.8 Å². The number of hydrogen-bond acceptors (Lipinski definition) is 6. The van der Waals surface area contributed by atoms with Crippen molar-refractivity contribution in [3.63, 3.8) is 0 Å². The number of hydrogen-bond donors (Lipinski definition) is 2. The Morgan fingerprint density at radius 1 is 1.45 bits per heavy atom. The van der Waals surface area contributed by atoms with Gasteiger partial charge < -0.3 is 20.7 Å². The van der Waals surface area contributed by atoms with Gasteiger partial charge in [-0.05, 0) is 36.7 Å². The summed E-state index contributed by atoms with van der Waals surface area (Å²) in [5, 5.41) is 2.80. The lowest BCUT2D eigenvalue weighted by atomic mass is 10.1. The molecule has 1 aromatic heterocycles. The lowest BCUT2D eigenvalue weighted by Crippen LogP contribution is -2.44. The zero-order valence-corrected chi connectivity index (χ0v) is 14.7. The summed E-state index contributed by atoms with van der Waals surface area (Å²) in [6, 6.07) is 0. The topological polar surface area (TPSA) is 93.4 Å². The summed E-state index contributed by atoms with van der Waals surface area (Å²) in [6.07, 6.45) is 2.61. The van der Waals surface area contributed by atoms with Gasteiger partial charge in [0.1, 0.15) is 10.7 Å². The van der Waals surface area contributed by atoms with Gasteiger partial charge in [0.05, 0.1) is 6.20 Å². The number of carbonyl (C=O) groups is 1. The van der Waals surface area contributed by atoms with Crippen LogP contribution >= 0.6 is 15.9 Å². The Labute approximate surface area is 138 Å². The predicted molar refractivity (Wildman–Crippen MR) is 88.7 cm³/mol. The Bertz CT molecular complexity index is 539. The molecular weight excluding hydrogens is 350 g/mol. The van der Waals surface area contributed by atoms with Gasteiger partial charge in [-0.2, -0.15) is 0 Å². The molecule has 0 aromatic carbocycles. The molecule has 3 N–H and O–H groups in total. The quantitative estimate of drug-likeness (QED) is 0.828. The second-order valence-electron chi connectivity index (χ2n) is 6.37. The summed E-state index contributed by atoms with van der Waals surface area (Å²) >= 11 is 3.30. The van der Waals surface area contributed by atoms with E-state index in [-0.39, 0.29) is 17.7 Å². The minimum atomic E-state index is -0.368. The molecule has 7 nitrogen and oxygen atoms in total. The lowest BCUT2D eigenvalue weighted by Gasteiger charge is -2.33. The van der Waals surface area contributed by atoms with Crippen molar-refractivity contribution in [2.45, 2.75) is 45.3 Å². The van der Waals surface area contributed by atoms with Crippen molar-refractivity contribution in [2.75, 3.05) is 23.7 Å². The van der Waals surface area contributed by atoms with Crippen LogP contribution in [0.25, 0.3) is 0 Å². The molecule has 1 fully saturated rings. The highest BCUT2D eigenvalue weighted by Crippen LogP contribution is 2.25. The molecule has 0 aliphatic carbocycles. The highest BCUT2D eigenvalue weighted by molar-refractivity contribution is 9.10. The zero-order chi connectivity index (χ0) is 16.3. The second kappa shape index (κ2) is 6.68. The number of nitrogens with zero attached hydrogens (tertiary/aromatic N) is 3. The highest BCUT2D eigenvalue weighted by Gasteiger charge is 2.25. The minimum absolute atomic E-state index is 0.0834. The van der Waals surface area contributed by atoms with E-state index < -0.39 is 0 Å². The first-order chi connectivity index (χ1) is 10.2. The van der Waals surface area contributed by atoms with E-state index in [1.165, 1.54) is 0 Å². The molecule has 8 heteroatoms. The van der Waals surface area contributed by atoms with E-state index >= 15 is 0 Å². The van der Waals surface area contributed by atoms with Gasteiger partial charge in [0.15, 0.2) is 11.6 Å². The number of anilines is 2. The Balaban J connectivity index is 1.88. The van der Waals surface area contributed by atoms with E-state index in [1.54, 1.807) is 6.20 Å². The number of ether oxygens (including phenoxy) is 1. The second-order valence-corrected chi connectivity index (χ2v) is 7.18. The third-order valence-electron chi connectivity index (χ3n) is 3.24. The third-order valence-corrected chi connectivity index (χ3v) is 3.63. The van der Waals surface area contributed by atoms with E-state index in [0.29, 0.717) is 16.2 Å². The molecule has 1 saturated heterocycles. The van der Waals surface area contributed by atoms with Crippen LogP contribution in [0.15, 0.2) is 10.8 Å². The maximum absolute atomic E-state index is 11.8. The average Bonchev–Trinajstić information content (AvgIpc) is 2.40. The molecule has 122 valence electrons. The van der Waals surface area contributed by atoms with E-state index in [1.807, 2.05) is 20.8 Å². The summed E-state index contributed by atoms with van der Waals surface area (Å²) in [4.78, 5) is 22.3. The highest BCUT2D eigenvalue weighted by atomic mass is 79.9. The Morgan fingerprint density at radius 3 is 2.68 bits per heavy atom. The lowest BCUT2D eigenvalue weighted by molar-refractivity contribution is 0.0776. The number of nitrogen functional groups attached to an aromatic ring is 1. The molecule has 1 aromatic rings. The number of rotatable bonds is 2. The van der Waals surface area contributed by atoms with E-state index in [4.69, 9.17) is 10.5 Å². The molecule has 1 aliphatic rings. The predicted octanol–water partition coefficient (Wildman–Crippen LogP) is 2.31. The van der Waals surface area contributed by atoms with Crippen LogP contribution in [-0.2, 0) is 4.74 Å². The van der Waals surface area contributed by atoms with Gasteiger partial charge in [-0.1, -0.05) is 0 Å². The first kappa shape index (κ1) is 16.8. The van der Waals surface area contributed by atoms with Gasteiger partial charge in [0.25, 0.3) is 0 Å². The number of nitrogens with one attached hydrogen (secondary N) is 1. The third kappa shape index (κ3) is 4.72. The Hall–Kier alpha value is -1.57. The summed E-state index contributed by atoms with van der Waals surface area (Å²) < 4.78 is 6.10. The smallest absolute Gasteiger partial charge is 0.407 e. The SMILES string of the molecule is CC(C)(C)NC(=O)OC1CCN(c2nc(Br)cnc2N)CC1. The van der Waals surface area contributed by atoms with Crippen molar-refractivity contribution in [3.8, 4) is 0 Å². The van der Waals surface area contributed by atoms with Crippen molar-refractivity contribution in [1.29, 1.82) is 0 Å². The molecule has 2 rings (SSSR count). The van der Waals surface area contributed by atoms with Crippen LogP contribution in [0.3, 0.4) is 0 Å². The molecule has 0 atom stereocenters. The van der Waals surface area contributed by atoms with Crippen LogP contribution in [0.2, 0.25) is 0 Å². The van der Waals surface area contributed by atoms with E-state index in [2.05, 4.69) is 36.1 Å². The molecule has 0 radical (unpaired) electrons. The van der Waals surface area contributed by atoms with Crippen LogP contribution in [0.5, 0.6) is 0 Å². The zero-order valence-electron chi connectivity index (χ0n) is 13.1. The Morgan fingerprint density at radius 2 is 2.09 bits per heavy atom. The molecule has 0 bridgehead atoms. The summed E-state index contributed by atoms with van der Waals surface area (Å²) in [5.41, 5.74) is 5.58. The molecule has 22 heavy (non-hydrogen) atoms. The number of halogens is 1. The monoisotopic (exact) mass is 371 g/mol. The summed E-state index contributed by atoms with van der Waals surface area (Å²) in [6.45, 7) is 7.22. The first-order valence-corrected chi connectivity index (χ1v) is 8.05. The first-order valence-electron chi connectivity index (χ1n) is 7.26. The molecule has 1 amide bonds. The summed E-state index contributed by atoms with van der Waals surface area (Å²) in [5.74, 6) is 1.08. The molecule has 0 unspecified atom stereocenters. The van der Waals surface area contributed by atoms with Crippen LogP contribution in [0.1, 0.15) is 33.6 Å². The minimum Gasteiger partial charge on any atom is -0.446 e. The van der Waals surface area contributed by atoms with E-state index in [0.717, 1.165) is 25.9 Å². The standard InChI is InChI=1S/C14H22BrN5O2/c1-14(2,3)19-13(21)22-9-4-6-20(7-5-9)12-11(16)17-8-10(15)18-12/h8-9H,4-7H2,1-3H3,(H2,16,17)(H,19,21). The fourth-order valence-corrected chi connectivity index (χ4v) is 2.54. The molecule has 0 spiro atoms. The van der Waals surface area contributed by atoms with Crippen LogP contribution < -0.4 is 16.0 Å². The summed E-state index contributed by atoms with van der Waals surface area (Å²) in [7, 11) is 0. The van der Waals surface area contributed by atoms with Gasteiger partial charge in [-0.25, -0.2) is 14.8 Å². The number of carbonyl (C=O) groups excluding carboxylic acids is 1. The maximum atomic E-state index is 11.8. The molecule has 1 aliphatic heterocycles. The number of aromatic nitrogens is 2. The fraction of sp³-hybridized carbons (Fsp3) is 0.643. The average molecular weight is 372 g/mol. The number of amides is 1. The van der Waals surface area contributed by atoms with Crippen LogP contribution in [0, 0.1) is 0 Å². The van der Waals surface area contributed by atoms with Crippen LogP contribution in [-0.4, -0.2) is 40.8 Å².